The van der Waals surface area contributed by atoms with Gasteiger partial charge in [-0.2, -0.15) is 0 Å². The van der Waals surface area contributed by atoms with E-state index in [2.05, 4.69) is 150 Å². The Hall–Kier alpha value is -6.40. The fraction of sp³-hybridized carbons (Fsp3) is 0. The summed E-state index contributed by atoms with van der Waals surface area (Å²) in [5.74, 6) is 0. The summed E-state index contributed by atoms with van der Waals surface area (Å²) in [5.41, 5.74) is 9.13. The minimum absolute atomic E-state index is 0.874. The van der Waals surface area contributed by atoms with Crippen LogP contribution < -0.4 is 4.90 Å². The van der Waals surface area contributed by atoms with Crippen molar-refractivity contribution < 1.29 is 8.83 Å². The Morgan fingerprint density at radius 1 is 0.358 bits per heavy atom. The van der Waals surface area contributed by atoms with Gasteiger partial charge in [0.25, 0.3) is 0 Å². The molecular weight excluding hydrogens is 687 g/mol. The SMILES string of the molecule is c1ccc2c(c1)oc1cc(-c3ccc(N(c4cccc5oc6ccccc6c45)c4cccc5sc6ccc7c8ccccc8sc7c6c45)cc3)ccc12. The Kier molecular flexibility index (Phi) is 6.09. The van der Waals surface area contributed by atoms with Gasteiger partial charge in [-0.15, -0.1) is 22.7 Å². The molecule has 53 heavy (non-hydrogen) atoms. The first-order valence-electron chi connectivity index (χ1n) is 17.7. The number of thiophene rings is 2. The maximum atomic E-state index is 6.45. The van der Waals surface area contributed by atoms with Gasteiger partial charge >= 0.3 is 0 Å². The summed E-state index contributed by atoms with van der Waals surface area (Å²) in [6.45, 7) is 0. The van der Waals surface area contributed by atoms with Crippen LogP contribution in [0.25, 0.3) is 95.3 Å². The van der Waals surface area contributed by atoms with Crippen molar-refractivity contribution in [2.75, 3.05) is 4.90 Å². The molecule has 12 rings (SSSR count). The molecule has 8 aromatic carbocycles. The van der Waals surface area contributed by atoms with Gasteiger partial charge in [-0.25, -0.2) is 0 Å². The number of rotatable bonds is 4. The zero-order valence-electron chi connectivity index (χ0n) is 28.2. The zero-order chi connectivity index (χ0) is 34.6. The highest BCUT2D eigenvalue weighted by molar-refractivity contribution is 7.29. The first kappa shape index (κ1) is 29.2. The second kappa shape index (κ2) is 11.1. The fourth-order valence-electron chi connectivity index (χ4n) is 8.31. The molecule has 0 N–H and O–H groups in total. The normalized spacial score (nSPS) is 12.2. The van der Waals surface area contributed by atoms with E-state index in [-0.39, 0.29) is 0 Å². The molecule has 0 aliphatic carbocycles. The van der Waals surface area contributed by atoms with E-state index in [0.717, 1.165) is 72.1 Å². The highest BCUT2D eigenvalue weighted by atomic mass is 32.1. The van der Waals surface area contributed by atoms with Gasteiger partial charge in [-0.1, -0.05) is 91.0 Å². The molecule has 0 aliphatic rings. The maximum Gasteiger partial charge on any atom is 0.137 e. The zero-order valence-corrected chi connectivity index (χ0v) is 29.8. The number of para-hydroxylation sites is 2. The van der Waals surface area contributed by atoms with Crippen molar-refractivity contribution in [3.63, 3.8) is 0 Å². The monoisotopic (exact) mass is 713 g/mol. The second-order valence-corrected chi connectivity index (χ2v) is 15.7. The average Bonchev–Trinajstić information content (AvgIpc) is 3.98. The lowest BCUT2D eigenvalue weighted by molar-refractivity contribution is 0.668. The lowest BCUT2D eigenvalue weighted by Crippen LogP contribution is -2.10. The standard InChI is InChI=1S/C48H27NO2S2/c1-4-14-38-31(9-1)32-24-21-29(27-41(32)51-38)28-19-22-30(23-20-28)49(36-12-7-16-40-45(36)35-11-2-5-15-39(35)50-40)37-13-8-18-43-46(37)47-44(52-43)26-25-34-33-10-3-6-17-42(33)53-48(34)47/h1-27H. The van der Waals surface area contributed by atoms with E-state index >= 15 is 0 Å². The van der Waals surface area contributed by atoms with Crippen molar-refractivity contribution in [1.29, 1.82) is 0 Å². The topological polar surface area (TPSA) is 29.5 Å². The Balaban J connectivity index is 1.11. The fourth-order valence-corrected chi connectivity index (χ4v) is 10.8. The lowest BCUT2D eigenvalue weighted by atomic mass is 10.0. The summed E-state index contributed by atoms with van der Waals surface area (Å²) in [4.78, 5) is 2.44. The maximum absolute atomic E-state index is 6.45. The predicted molar refractivity (Wildman–Crippen MR) is 227 cm³/mol. The largest absolute Gasteiger partial charge is 0.456 e. The third-order valence-corrected chi connectivity index (χ3v) is 13.0. The van der Waals surface area contributed by atoms with Crippen LogP contribution in [0.15, 0.2) is 173 Å². The molecule has 0 bridgehead atoms. The van der Waals surface area contributed by atoms with Crippen molar-refractivity contribution in [1.82, 2.24) is 0 Å². The van der Waals surface area contributed by atoms with Crippen molar-refractivity contribution in [3.8, 4) is 11.1 Å². The molecule has 0 unspecified atom stereocenters. The number of hydrogen-bond acceptors (Lipinski definition) is 5. The summed E-state index contributed by atoms with van der Waals surface area (Å²) in [6, 6.07) is 58.7. The van der Waals surface area contributed by atoms with Gasteiger partial charge < -0.3 is 13.7 Å². The first-order valence-corrected chi connectivity index (χ1v) is 19.4. The molecule has 248 valence electrons. The molecule has 0 amide bonds. The first-order chi connectivity index (χ1) is 26.3. The van der Waals surface area contributed by atoms with Gasteiger partial charge in [0.2, 0.25) is 0 Å². The highest BCUT2D eigenvalue weighted by Gasteiger charge is 2.24. The Bertz CT molecular complexity index is 3420. The molecular formula is C48H27NO2S2. The van der Waals surface area contributed by atoms with Gasteiger partial charge in [-0.3, -0.25) is 0 Å². The summed E-state index contributed by atoms with van der Waals surface area (Å²) in [6.07, 6.45) is 0. The van der Waals surface area contributed by atoms with Gasteiger partial charge in [0.15, 0.2) is 0 Å². The minimum atomic E-state index is 0.874. The molecule has 5 heteroatoms. The molecule has 0 saturated heterocycles. The van der Waals surface area contributed by atoms with E-state index in [1.165, 1.54) is 40.3 Å². The lowest BCUT2D eigenvalue weighted by Gasteiger charge is -2.27. The number of benzene rings is 8. The van der Waals surface area contributed by atoms with Crippen molar-refractivity contribution in [3.05, 3.63) is 164 Å². The number of furan rings is 2. The van der Waals surface area contributed by atoms with Crippen LogP contribution in [0, 0.1) is 0 Å². The summed E-state index contributed by atoms with van der Waals surface area (Å²) >= 11 is 3.77. The third-order valence-electron chi connectivity index (χ3n) is 10.7. The highest BCUT2D eigenvalue weighted by Crippen LogP contribution is 2.51. The van der Waals surface area contributed by atoms with Crippen molar-refractivity contribution >= 4 is 124 Å². The van der Waals surface area contributed by atoms with E-state index in [1.54, 1.807) is 0 Å². The van der Waals surface area contributed by atoms with Gasteiger partial charge in [0.05, 0.1) is 16.8 Å². The van der Waals surface area contributed by atoms with Crippen LogP contribution in [-0.2, 0) is 0 Å². The van der Waals surface area contributed by atoms with Crippen LogP contribution >= 0.6 is 22.7 Å². The molecule has 3 nitrogen and oxygen atoms in total. The van der Waals surface area contributed by atoms with Gasteiger partial charge in [-0.05, 0) is 83.9 Å². The van der Waals surface area contributed by atoms with Crippen LogP contribution in [0.2, 0.25) is 0 Å². The van der Waals surface area contributed by atoms with E-state index in [4.69, 9.17) is 8.83 Å². The average molecular weight is 714 g/mol. The quantitative estimate of drug-likeness (QED) is 0.182. The van der Waals surface area contributed by atoms with Crippen molar-refractivity contribution in [2.24, 2.45) is 0 Å². The third kappa shape index (κ3) is 4.26. The van der Waals surface area contributed by atoms with Crippen LogP contribution in [0.1, 0.15) is 0 Å². The second-order valence-electron chi connectivity index (χ2n) is 13.6. The molecule has 0 aliphatic heterocycles. The van der Waals surface area contributed by atoms with Crippen molar-refractivity contribution in [2.45, 2.75) is 0 Å². The molecule has 0 saturated carbocycles. The van der Waals surface area contributed by atoms with Crippen LogP contribution in [0.3, 0.4) is 0 Å². The number of anilines is 3. The summed E-state index contributed by atoms with van der Waals surface area (Å²) in [7, 11) is 0. The van der Waals surface area contributed by atoms with E-state index in [0.29, 0.717) is 0 Å². The smallest absolute Gasteiger partial charge is 0.137 e. The van der Waals surface area contributed by atoms with Gasteiger partial charge in [0, 0.05) is 62.2 Å². The van der Waals surface area contributed by atoms with Crippen LogP contribution in [0.5, 0.6) is 0 Å². The summed E-state index contributed by atoms with van der Waals surface area (Å²) < 4.78 is 17.9. The van der Waals surface area contributed by atoms with E-state index < -0.39 is 0 Å². The molecule has 0 atom stereocenters. The van der Waals surface area contributed by atoms with Crippen LogP contribution in [-0.4, -0.2) is 0 Å². The Morgan fingerprint density at radius 2 is 0.962 bits per heavy atom. The molecule has 0 fully saturated rings. The predicted octanol–water partition coefficient (Wildman–Crippen LogP) is 15.4. The number of fused-ring (bicyclic) bond motifs is 13. The van der Waals surface area contributed by atoms with Crippen LogP contribution in [0.4, 0.5) is 17.1 Å². The van der Waals surface area contributed by atoms with E-state index in [1.807, 2.05) is 40.9 Å². The summed E-state index contributed by atoms with van der Waals surface area (Å²) in [5, 5.41) is 9.71. The molecule has 0 spiro atoms. The number of nitrogens with zero attached hydrogens (tertiary/aromatic N) is 1. The number of hydrogen-bond donors (Lipinski definition) is 0. The molecule has 4 aromatic heterocycles. The molecule has 4 heterocycles. The Morgan fingerprint density at radius 3 is 1.83 bits per heavy atom. The molecule has 12 aromatic rings. The molecule has 0 radical (unpaired) electrons. The Labute approximate surface area is 311 Å². The van der Waals surface area contributed by atoms with E-state index in [9.17, 15) is 0 Å². The minimum Gasteiger partial charge on any atom is -0.456 e. The van der Waals surface area contributed by atoms with Gasteiger partial charge in [0.1, 0.15) is 22.3 Å².